The molecule has 1 atom stereocenters. The van der Waals surface area contributed by atoms with Crippen LogP contribution >= 0.6 is 11.6 Å². The van der Waals surface area contributed by atoms with Gasteiger partial charge in [-0.25, -0.2) is 0 Å². The van der Waals surface area contributed by atoms with E-state index in [1.807, 2.05) is 6.92 Å². The van der Waals surface area contributed by atoms with Crippen molar-refractivity contribution in [2.75, 3.05) is 6.54 Å². The molecule has 2 rings (SSSR count). The van der Waals surface area contributed by atoms with Crippen LogP contribution in [-0.2, 0) is 0 Å². The molecular weight excluding hydrogens is 262 g/mol. The number of benzene rings is 1. The zero-order valence-corrected chi connectivity index (χ0v) is 10.5. The van der Waals surface area contributed by atoms with Crippen LogP contribution in [0, 0.1) is 0 Å². The Kier molecular flexibility index (Phi) is 3.54. The van der Waals surface area contributed by atoms with Crippen molar-refractivity contribution in [3.8, 4) is 5.75 Å². The standard InChI is InChI=1S/C12H13ClF2N2O/c1-7-9(4-5-16)10-6-8(18-12(13,14)15)2-3-11(10)17-7/h2-3,6-7H,4-5,16H2,1H3/t7-/m1/s1. The van der Waals surface area contributed by atoms with Gasteiger partial charge in [-0.15, -0.1) is 8.78 Å². The maximum Gasteiger partial charge on any atom is 0.487 e. The first kappa shape index (κ1) is 13.2. The summed E-state index contributed by atoms with van der Waals surface area (Å²) in [5.74, 6) is 0.0209. The highest BCUT2D eigenvalue weighted by molar-refractivity contribution is 6.20. The first-order valence-corrected chi connectivity index (χ1v) is 5.95. The predicted octanol–water partition coefficient (Wildman–Crippen LogP) is 1.38. The van der Waals surface area contributed by atoms with Crippen LogP contribution in [0.2, 0.25) is 0 Å². The third-order valence-electron chi connectivity index (χ3n) is 2.80. The lowest BCUT2D eigenvalue weighted by Gasteiger charge is -2.10. The average Bonchev–Trinajstić information content (AvgIpc) is 2.54. The van der Waals surface area contributed by atoms with Crippen LogP contribution in [0.15, 0.2) is 23.2 Å². The summed E-state index contributed by atoms with van der Waals surface area (Å²) in [7, 11) is 0. The van der Waals surface area contributed by atoms with Gasteiger partial charge in [0, 0.05) is 16.8 Å². The summed E-state index contributed by atoms with van der Waals surface area (Å²) in [6.07, 6.45) is 0.679. The molecule has 0 saturated heterocycles. The van der Waals surface area contributed by atoms with Gasteiger partial charge in [0.15, 0.2) is 0 Å². The number of hydrogen-bond acceptors (Lipinski definition) is 3. The molecule has 0 unspecified atom stereocenters. The third kappa shape index (κ3) is 2.79. The Balaban J connectivity index is 2.46. The van der Waals surface area contributed by atoms with Gasteiger partial charge in [-0.05, 0) is 43.7 Å². The fraction of sp³-hybridized carbons (Fsp3) is 0.417. The lowest BCUT2D eigenvalue weighted by atomic mass is 10.0. The minimum absolute atomic E-state index is 0.0209. The smallest absolute Gasteiger partial charge is 0.420 e. The molecule has 1 aliphatic heterocycles. The summed E-state index contributed by atoms with van der Waals surface area (Å²) in [4.78, 5) is 4.42. The van der Waals surface area contributed by atoms with Crippen LogP contribution in [-0.4, -0.2) is 18.2 Å². The molecule has 98 valence electrons. The maximum absolute atomic E-state index is 12.6. The zero-order valence-electron chi connectivity index (χ0n) is 9.79. The van der Waals surface area contributed by atoms with Gasteiger partial charge >= 0.3 is 5.57 Å². The molecule has 1 aliphatic rings. The van der Waals surface area contributed by atoms with Crippen molar-refractivity contribution in [1.82, 2.24) is 0 Å². The normalized spacial score (nSPS) is 18.5. The lowest BCUT2D eigenvalue weighted by molar-refractivity contribution is -0.0965. The lowest BCUT2D eigenvalue weighted by Crippen LogP contribution is -2.25. The van der Waals surface area contributed by atoms with E-state index in [4.69, 9.17) is 17.3 Å². The summed E-state index contributed by atoms with van der Waals surface area (Å²) < 4.78 is 29.5. The fourth-order valence-corrected chi connectivity index (χ4v) is 2.18. The molecule has 1 aromatic rings. The van der Waals surface area contributed by atoms with E-state index >= 15 is 0 Å². The average molecular weight is 275 g/mol. The van der Waals surface area contributed by atoms with Gasteiger partial charge in [-0.2, -0.15) is 0 Å². The number of fused-ring (bicyclic) bond motifs is 1. The van der Waals surface area contributed by atoms with Crippen molar-refractivity contribution in [3.63, 3.8) is 0 Å². The van der Waals surface area contributed by atoms with E-state index in [9.17, 15) is 8.78 Å². The second-order valence-corrected chi connectivity index (χ2v) is 4.54. The van der Waals surface area contributed by atoms with Crippen molar-refractivity contribution in [2.24, 2.45) is 10.7 Å². The van der Waals surface area contributed by atoms with E-state index in [-0.39, 0.29) is 11.8 Å². The molecule has 1 aromatic carbocycles. The number of ether oxygens (including phenoxy) is 1. The van der Waals surface area contributed by atoms with E-state index in [1.54, 1.807) is 6.07 Å². The number of nitrogens with zero attached hydrogens (tertiary/aromatic N) is 1. The zero-order chi connectivity index (χ0) is 13.3. The second-order valence-electron chi connectivity index (χ2n) is 4.10. The van der Waals surface area contributed by atoms with Crippen molar-refractivity contribution in [3.05, 3.63) is 28.8 Å². The maximum atomic E-state index is 12.6. The molecule has 0 aromatic heterocycles. The second kappa shape index (κ2) is 4.82. The minimum Gasteiger partial charge on any atom is -0.420 e. The van der Waals surface area contributed by atoms with Gasteiger partial charge in [-0.3, -0.25) is 4.99 Å². The fourth-order valence-electron chi connectivity index (χ4n) is 2.09. The van der Waals surface area contributed by atoms with Crippen molar-refractivity contribution < 1.29 is 13.5 Å². The van der Waals surface area contributed by atoms with Gasteiger partial charge in [0.05, 0.1) is 11.4 Å². The predicted molar refractivity (Wildman–Crippen MR) is 65.2 cm³/mol. The molecule has 18 heavy (non-hydrogen) atoms. The summed E-state index contributed by atoms with van der Waals surface area (Å²) in [6, 6.07) is 4.63. The Hall–Kier alpha value is -1.20. The first-order valence-electron chi connectivity index (χ1n) is 5.57. The molecule has 0 saturated carbocycles. The van der Waals surface area contributed by atoms with Crippen LogP contribution < -0.4 is 21.0 Å². The summed E-state index contributed by atoms with van der Waals surface area (Å²) in [5.41, 5.74) is 2.87. The van der Waals surface area contributed by atoms with E-state index in [2.05, 4.69) is 9.73 Å². The molecule has 0 amide bonds. The molecule has 0 bridgehead atoms. The molecule has 1 heterocycles. The number of hydrogen-bond donors (Lipinski definition) is 1. The van der Waals surface area contributed by atoms with Crippen molar-refractivity contribution in [2.45, 2.75) is 25.0 Å². The monoisotopic (exact) mass is 274 g/mol. The van der Waals surface area contributed by atoms with E-state index < -0.39 is 5.57 Å². The minimum atomic E-state index is -3.70. The first-order chi connectivity index (χ1) is 8.40. The molecule has 0 radical (unpaired) electrons. The van der Waals surface area contributed by atoms with Crippen LogP contribution in [0.1, 0.15) is 13.3 Å². The molecule has 0 spiro atoms. The van der Waals surface area contributed by atoms with Gasteiger partial charge < -0.3 is 10.5 Å². The molecule has 3 nitrogen and oxygen atoms in total. The Bertz CT molecular complexity index is 568. The number of alkyl halides is 3. The van der Waals surface area contributed by atoms with Gasteiger partial charge in [0.25, 0.3) is 0 Å². The summed E-state index contributed by atoms with van der Waals surface area (Å²) >= 11 is 4.74. The van der Waals surface area contributed by atoms with Crippen molar-refractivity contribution >= 4 is 17.2 Å². The van der Waals surface area contributed by atoms with Gasteiger partial charge in [-0.1, -0.05) is 0 Å². The molecule has 2 N–H and O–H groups in total. The molecular formula is C12H13ClF2N2O. The van der Waals surface area contributed by atoms with E-state index in [0.717, 1.165) is 16.1 Å². The van der Waals surface area contributed by atoms with Crippen LogP contribution in [0.5, 0.6) is 5.75 Å². The number of rotatable bonds is 4. The van der Waals surface area contributed by atoms with Gasteiger partial charge in [0.2, 0.25) is 0 Å². The Labute approximate surface area is 108 Å². The van der Waals surface area contributed by atoms with Crippen LogP contribution in [0.25, 0.3) is 5.57 Å². The van der Waals surface area contributed by atoms with Crippen LogP contribution in [0.4, 0.5) is 8.78 Å². The largest absolute Gasteiger partial charge is 0.487 e. The highest BCUT2D eigenvalue weighted by atomic mass is 35.5. The summed E-state index contributed by atoms with van der Waals surface area (Å²) in [5, 5.41) is 1.59. The summed E-state index contributed by atoms with van der Waals surface area (Å²) in [6.45, 7) is 2.44. The Morgan fingerprint density at radius 1 is 1.50 bits per heavy atom. The number of halogens is 3. The molecule has 0 aliphatic carbocycles. The topological polar surface area (TPSA) is 47.6 Å². The van der Waals surface area contributed by atoms with Crippen LogP contribution in [0.3, 0.4) is 0 Å². The Morgan fingerprint density at radius 2 is 2.22 bits per heavy atom. The van der Waals surface area contributed by atoms with Crippen molar-refractivity contribution in [1.29, 1.82) is 0 Å². The quantitative estimate of drug-likeness (QED) is 0.843. The highest BCUT2D eigenvalue weighted by Gasteiger charge is 2.27. The van der Waals surface area contributed by atoms with Gasteiger partial charge in [0.1, 0.15) is 5.75 Å². The SMILES string of the molecule is C[C@H]1N=c2ccc(OC(F)(F)Cl)cc2=C1CCN. The highest BCUT2D eigenvalue weighted by Crippen LogP contribution is 2.24. The molecule has 6 heteroatoms. The third-order valence-corrected chi connectivity index (χ3v) is 2.88. The molecule has 0 fully saturated rings. The Morgan fingerprint density at radius 3 is 2.83 bits per heavy atom. The number of nitrogens with two attached hydrogens (primary N) is 1. The van der Waals surface area contributed by atoms with E-state index in [0.29, 0.717) is 13.0 Å². The van der Waals surface area contributed by atoms with E-state index in [1.165, 1.54) is 12.1 Å².